The quantitative estimate of drug-likeness (QED) is 0.182. The lowest BCUT2D eigenvalue weighted by Crippen LogP contribution is -2.41. The average molecular weight is 534 g/mol. The fourth-order valence-corrected chi connectivity index (χ4v) is 3.66. The number of benzene rings is 2. The van der Waals surface area contributed by atoms with Gasteiger partial charge in [0.15, 0.2) is 5.75 Å². The van der Waals surface area contributed by atoms with E-state index in [1.165, 1.54) is 26.1 Å². The Morgan fingerprint density at radius 2 is 1.86 bits per heavy atom. The summed E-state index contributed by atoms with van der Waals surface area (Å²) >= 11 is 6.16. The molecule has 0 aliphatic carbocycles. The molecule has 0 heterocycles. The lowest BCUT2D eigenvalue weighted by Gasteiger charge is -2.28. The molecule has 0 saturated carbocycles. The molecular formula is C23H28ClF4N5O3. The number of carbonyl (C=O) groups excluding carboxylic acids is 1. The van der Waals surface area contributed by atoms with Crippen LogP contribution in [0.25, 0.3) is 0 Å². The third-order valence-corrected chi connectivity index (χ3v) is 5.42. The van der Waals surface area contributed by atoms with Crippen molar-refractivity contribution in [3.63, 3.8) is 0 Å². The molecule has 1 amide bonds. The van der Waals surface area contributed by atoms with Crippen LogP contribution in [-0.2, 0) is 6.18 Å². The Kier molecular flexibility index (Phi) is 10.1. The number of nitrogens with zero attached hydrogens (tertiary/aromatic N) is 3. The van der Waals surface area contributed by atoms with Crippen LogP contribution < -0.4 is 19.9 Å². The molecule has 0 aliphatic rings. The van der Waals surface area contributed by atoms with Crippen LogP contribution in [0.15, 0.2) is 30.3 Å². The summed E-state index contributed by atoms with van der Waals surface area (Å²) in [7, 11) is 4.88. The monoisotopic (exact) mass is 533 g/mol. The van der Waals surface area contributed by atoms with E-state index in [1.807, 2.05) is 0 Å². The van der Waals surface area contributed by atoms with Gasteiger partial charge in [-0.05, 0) is 56.9 Å². The highest BCUT2D eigenvalue weighted by Gasteiger charge is 2.37. The van der Waals surface area contributed by atoms with Crippen molar-refractivity contribution in [1.82, 2.24) is 10.2 Å². The van der Waals surface area contributed by atoms with Crippen LogP contribution in [0.1, 0.15) is 11.1 Å². The molecule has 13 heteroatoms. The van der Waals surface area contributed by atoms with Gasteiger partial charge in [0.1, 0.15) is 11.5 Å². The normalized spacial score (nSPS) is 12.4. The zero-order valence-corrected chi connectivity index (χ0v) is 20.9. The number of carbonyl (C=O) groups is 1. The summed E-state index contributed by atoms with van der Waals surface area (Å²) in [5.41, 5.74) is -1.29. The standard InChI is InChI=1S/C23H28ClF4N5O3/c1-14-9-18(23(26,27)28)19(24)20(33(12-29)13-30-10-17(34)11-31(2)3)21(14)36-22(35)32(4)16-7-5-15(25)6-8-16/h5-9,12,17,29-30,34H,10-11,13H2,1-4H3. The summed E-state index contributed by atoms with van der Waals surface area (Å²) in [4.78, 5) is 16.7. The Morgan fingerprint density at radius 3 is 2.39 bits per heavy atom. The zero-order valence-electron chi connectivity index (χ0n) is 20.2. The zero-order chi connectivity index (χ0) is 27.2. The highest BCUT2D eigenvalue weighted by molar-refractivity contribution is 6.35. The summed E-state index contributed by atoms with van der Waals surface area (Å²) in [6.45, 7) is 1.50. The third kappa shape index (κ3) is 7.53. The number of anilines is 2. The number of likely N-dealkylation sites (N-methyl/N-ethyl adjacent to an activating group) is 1. The van der Waals surface area contributed by atoms with Gasteiger partial charge in [0.25, 0.3) is 0 Å². The highest BCUT2D eigenvalue weighted by atomic mass is 35.5. The van der Waals surface area contributed by atoms with Gasteiger partial charge in [0.2, 0.25) is 0 Å². The average Bonchev–Trinajstić information content (AvgIpc) is 2.78. The molecule has 0 aromatic heterocycles. The van der Waals surface area contributed by atoms with E-state index in [2.05, 4.69) is 5.32 Å². The van der Waals surface area contributed by atoms with Crippen LogP contribution >= 0.6 is 11.6 Å². The van der Waals surface area contributed by atoms with Crippen LogP contribution in [0.2, 0.25) is 5.02 Å². The van der Waals surface area contributed by atoms with Crippen molar-refractivity contribution in [1.29, 1.82) is 5.41 Å². The molecule has 2 aromatic rings. The van der Waals surface area contributed by atoms with E-state index in [0.29, 0.717) is 6.54 Å². The minimum Gasteiger partial charge on any atom is -0.407 e. The fourth-order valence-electron chi connectivity index (χ4n) is 3.30. The molecule has 0 bridgehead atoms. The topological polar surface area (TPSA) is 92.1 Å². The van der Waals surface area contributed by atoms with Crippen LogP contribution in [0.5, 0.6) is 5.75 Å². The Labute approximate surface area is 211 Å². The molecule has 0 radical (unpaired) electrons. The van der Waals surface area contributed by atoms with E-state index in [0.717, 1.165) is 34.3 Å². The Morgan fingerprint density at radius 1 is 1.25 bits per heavy atom. The fraction of sp³-hybridized carbons (Fsp3) is 0.391. The number of halogens is 5. The van der Waals surface area contributed by atoms with Gasteiger partial charge in [-0.3, -0.25) is 15.6 Å². The number of nitrogens with one attached hydrogen (secondary N) is 2. The summed E-state index contributed by atoms with van der Waals surface area (Å²) in [5, 5.41) is 19.9. The van der Waals surface area contributed by atoms with Crippen LogP contribution in [0, 0.1) is 18.2 Å². The first-order valence-electron chi connectivity index (χ1n) is 10.7. The molecule has 2 aromatic carbocycles. The number of aliphatic hydroxyl groups excluding tert-OH is 1. The Hall–Kier alpha value is -2.93. The first kappa shape index (κ1) is 29.3. The number of aliphatic hydroxyl groups is 1. The van der Waals surface area contributed by atoms with E-state index >= 15 is 0 Å². The summed E-state index contributed by atoms with van der Waals surface area (Å²) < 4.78 is 59.7. The van der Waals surface area contributed by atoms with Crippen LogP contribution in [-0.4, -0.2) is 69.4 Å². The minimum atomic E-state index is -4.81. The predicted molar refractivity (Wildman–Crippen MR) is 131 cm³/mol. The SMILES string of the molecule is Cc1cc(C(F)(F)F)c(Cl)c(N(C=N)CNCC(O)CN(C)C)c1OC(=O)N(C)c1ccc(F)cc1. The largest absolute Gasteiger partial charge is 0.419 e. The van der Waals surface area contributed by atoms with Gasteiger partial charge in [0.05, 0.1) is 29.7 Å². The Bertz CT molecular complexity index is 1070. The summed E-state index contributed by atoms with van der Waals surface area (Å²) in [5.74, 6) is -0.802. The summed E-state index contributed by atoms with van der Waals surface area (Å²) in [6.07, 6.45) is -5.84. The number of alkyl halides is 3. The van der Waals surface area contributed by atoms with E-state index < -0.39 is 34.8 Å². The van der Waals surface area contributed by atoms with Gasteiger partial charge >= 0.3 is 12.3 Å². The van der Waals surface area contributed by atoms with Crippen molar-refractivity contribution in [2.24, 2.45) is 0 Å². The Balaban J connectivity index is 2.43. The number of amides is 1. The maximum atomic E-state index is 13.7. The number of rotatable bonds is 10. The van der Waals surface area contributed by atoms with Gasteiger partial charge in [-0.15, -0.1) is 0 Å². The molecule has 2 rings (SSSR count). The maximum absolute atomic E-state index is 13.7. The maximum Gasteiger partial charge on any atom is 0.419 e. The lowest BCUT2D eigenvalue weighted by molar-refractivity contribution is -0.137. The van der Waals surface area contributed by atoms with Gasteiger partial charge in [0, 0.05) is 25.8 Å². The number of aryl methyl sites for hydroxylation is 1. The van der Waals surface area contributed by atoms with Crippen molar-refractivity contribution in [3.05, 3.63) is 52.3 Å². The molecule has 0 saturated heterocycles. The molecule has 1 atom stereocenters. The summed E-state index contributed by atoms with van der Waals surface area (Å²) in [6, 6.07) is 5.69. The predicted octanol–water partition coefficient (Wildman–Crippen LogP) is 4.32. The molecule has 0 spiro atoms. The second-order valence-corrected chi connectivity index (χ2v) is 8.64. The lowest BCUT2D eigenvalue weighted by atomic mass is 10.1. The van der Waals surface area contributed by atoms with Gasteiger partial charge in [-0.25, -0.2) is 9.18 Å². The number of ether oxygens (including phenoxy) is 1. The van der Waals surface area contributed by atoms with Crippen molar-refractivity contribution in [2.75, 3.05) is 50.7 Å². The third-order valence-electron chi connectivity index (χ3n) is 5.04. The van der Waals surface area contributed by atoms with Gasteiger partial charge < -0.3 is 19.6 Å². The van der Waals surface area contributed by atoms with Gasteiger partial charge in [-0.2, -0.15) is 13.2 Å². The molecule has 1 unspecified atom stereocenters. The molecule has 0 fully saturated rings. The van der Waals surface area contributed by atoms with Crippen LogP contribution in [0.4, 0.5) is 33.7 Å². The molecular weight excluding hydrogens is 506 g/mol. The number of hydrogen-bond donors (Lipinski definition) is 3. The van der Waals surface area contributed by atoms with E-state index in [4.69, 9.17) is 21.7 Å². The van der Waals surface area contributed by atoms with Crippen molar-refractivity contribution in [2.45, 2.75) is 19.2 Å². The number of hydrogen-bond acceptors (Lipinski definition) is 6. The molecule has 0 aliphatic heterocycles. The molecule has 8 nitrogen and oxygen atoms in total. The smallest absolute Gasteiger partial charge is 0.407 e. The molecule has 3 N–H and O–H groups in total. The first-order chi connectivity index (χ1) is 16.8. The first-order valence-corrected chi connectivity index (χ1v) is 11.1. The van der Waals surface area contributed by atoms with E-state index in [1.54, 1.807) is 19.0 Å². The molecule has 198 valence electrons. The van der Waals surface area contributed by atoms with Crippen LogP contribution in [0.3, 0.4) is 0 Å². The van der Waals surface area contributed by atoms with Gasteiger partial charge in [-0.1, -0.05) is 11.6 Å². The minimum absolute atomic E-state index is 0.0536. The van der Waals surface area contributed by atoms with Crippen molar-refractivity contribution in [3.8, 4) is 5.75 Å². The second-order valence-electron chi connectivity index (χ2n) is 8.26. The second kappa shape index (κ2) is 12.3. The molecule has 36 heavy (non-hydrogen) atoms. The van der Waals surface area contributed by atoms with E-state index in [9.17, 15) is 27.5 Å². The highest BCUT2D eigenvalue weighted by Crippen LogP contribution is 2.46. The van der Waals surface area contributed by atoms with Crippen molar-refractivity contribution >= 4 is 35.4 Å². The van der Waals surface area contributed by atoms with Crippen molar-refractivity contribution < 1.29 is 32.2 Å². The van der Waals surface area contributed by atoms with E-state index in [-0.39, 0.29) is 35.9 Å².